The third kappa shape index (κ3) is 6.55. The Balaban J connectivity index is 0.995. The highest BCUT2D eigenvalue weighted by molar-refractivity contribution is 6.03. The zero-order valence-corrected chi connectivity index (χ0v) is 33.6. The van der Waals surface area contributed by atoms with Gasteiger partial charge in [-0.1, -0.05) is 177 Å². The zero-order valence-electron chi connectivity index (χ0n) is 33.6. The van der Waals surface area contributed by atoms with E-state index in [9.17, 15) is 0 Å². The van der Waals surface area contributed by atoms with E-state index in [1.807, 2.05) is 0 Å². The minimum absolute atomic E-state index is 0.534. The SMILES string of the molecule is CC1C=Cc2c(cc(-c3ccc(N(c4ccc(-c5cccc(-c6ccc7ccccc7c6)c5)cc4)c4cccc(-c5cccc6ccccc56)c4)cc3)c3ccccc23)C1. The van der Waals surface area contributed by atoms with Crippen molar-refractivity contribution in [2.45, 2.75) is 13.3 Å². The molecular weight excluding hydrogens is 723 g/mol. The van der Waals surface area contributed by atoms with Gasteiger partial charge in [-0.25, -0.2) is 0 Å². The maximum absolute atomic E-state index is 2.44. The summed E-state index contributed by atoms with van der Waals surface area (Å²) in [6.07, 6.45) is 5.74. The minimum atomic E-state index is 0.534. The van der Waals surface area contributed by atoms with Gasteiger partial charge in [0.05, 0.1) is 0 Å². The van der Waals surface area contributed by atoms with Crippen LogP contribution < -0.4 is 4.90 Å². The topological polar surface area (TPSA) is 3.24 Å². The largest absolute Gasteiger partial charge is 0.310 e. The molecule has 1 aliphatic rings. The van der Waals surface area contributed by atoms with Crippen LogP contribution in [0, 0.1) is 5.92 Å². The number of hydrogen-bond donors (Lipinski definition) is 0. The summed E-state index contributed by atoms with van der Waals surface area (Å²) in [5, 5.41) is 7.63. The normalized spacial score (nSPS) is 13.4. The number of benzene rings is 10. The highest BCUT2D eigenvalue weighted by atomic mass is 15.1. The van der Waals surface area contributed by atoms with Crippen molar-refractivity contribution in [3.63, 3.8) is 0 Å². The van der Waals surface area contributed by atoms with Gasteiger partial charge in [-0.2, -0.15) is 0 Å². The fraction of sp³-hybridized carbons (Fsp3) is 0.0508. The highest BCUT2D eigenvalue weighted by Gasteiger charge is 2.19. The smallest absolute Gasteiger partial charge is 0.0467 e. The van der Waals surface area contributed by atoms with Crippen molar-refractivity contribution in [3.8, 4) is 44.5 Å². The lowest BCUT2D eigenvalue weighted by molar-refractivity contribution is 0.718. The molecule has 1 unspecified atom stereocenters. The Morgan fingerprint density at radius 1 is 0.367 bits per heavy atom. The molecule has 0 amide bonds. The number of anilines is 3. The average Bonchev–Trinajstić information content (AvgIpc) is 3.31. The van der Waals surface area contributed by atoms with Gasteiger partial charge < -0.3 is 4.90 Å². The van der Waals surface area contributed by atoms with Gasteiger partial charge in [0.2, 0.25) is 0 Å². The molecule has 10 aromatic rings. The lowest BCUT2D eigenvalue weighted by Crippen LogP contribution is -2.10. The van der Waals surface area contributed by atoms with Gasteiger partial charge in [0.1, 0.15) is 0 Å². The van der Waals surface area contributed by atoms with Gasteiger partial charge >= 0.3 is 0 Å². The Labute approximate surface area is 352 Å². The van der Waals surface area contributed by atoms with Crippen LogP contribution in [-0.2, 0) is 6.42 Å². The Morgan fingerprint density at radius 3 is 1.75 bits per heavy atom. The van der Waals surface area contributed by atoms with Crippen LogP contribution in [0.2, 0.25) is 0 Å². The number of nitrogens with zero attached hydrogens (tertiary/aromatic N) is 1. The summed E-state index contributed by atoms with van der Waals surface area (Å²) in [4.78, 5) is 2.39. The van der Waals surface area contributed by atoms with Gasteiger partial charge in [-0.3, -0.25) is 0 Å². The molecule has 1 heteroatoms. The molecule has 0 radical (unpaired) electrons. The quantitative estimate of drug-likeness (QED) is 0.156. The lowest BCUT2D eigenvalue weighted by Gasteiger charge is -2.27. The average molecular weight is 766 g/mol. The van der Waals surface area contributed by atoms with E-state index in [0.29, 0.717) is 5.92 Å². The summed E-state index contributed by atoms with van der Waals surface area (Å²) < 4.78 is 0. The molecule has 1 atom stereocenters. The first kappa shape index (κ1) is 35.7. The number of hydrogen-bond acceptors (Lipinski definition) is 1. The van der Waals surface area contributed by atoms with Gasteiger partial charge in [0.25, 0.3) is 0 Å². The Morgan fingerprint density at radius 2 is 0.950 bits per heavy atom. The first-order chi connectivity index (χ1) is 29.6. The second kappa shape index (κ2) is 15.0. The van der Waals surface area contributed by atoms with E-state index in [2.05, 4.69) is 236 Å². The first-order valence-corrected chi connectivity index (χ1v) is 21.0. The van der Waals surface area contributed by atoms with Crippen molar-refractivity contribution < 1.29 is 0 Å². The molecule has 60 heavy (non-hydrogen) atoms. The van der Waals surface area contributed by atoms with E-state index in [0.717, 1.165) is 23.5 Å². The molecule has 1 aliphatic carbocycles. The molecule has 0 saturated carbocycles. The predicted molar refractivity (Wildman–Crippen MR) is 257 cm³/mol. The zero-order chi connectivity index (χ0) is 40.0. The van der Waals surface area contributed by atoms with Crippen LogP contribution in [0.4, 0.5) is 17.1 Å². The third-order valence-corrected chi connectivity index (χ3v) is 12.4. The molecule has 11 rings (SSSR count). The first-order valence-electron chi connectivity index (χ1n) is 21.0. The van der Waals surface area contributed by atoms with E-state index in [-0.39, 0.29) is 0 Å². The molecule has 0 bridgehead atoms. The molecule has 0 fully saturated rings. The van der Waals surface area contributed by atoms with Gasteiger partial charge in [-0.05, 0) is 155 Å². The van der Waals surface area contributed by atoms with Crippen LogP contribution in [-0.4, -0.2) is 0 Å². The van der Waals surface area contributed by atoms with Crippen LogP contribution in [0.5, 0.6) is 0 Å². The van der Waals surface area contributed by atoms with Crippen molar-refractivity contribution >= 4 is 55.5 Å². The van der Waals surface area contributed by atoms with Gasteiger partial charge in [0, 0.05) is 17.1 Å². The summed E-state index contributed by atoms with van der Waals surface area (Å²) in [6.45, 7) is 2.31. The monoisotopic (exact) mass is 765 g/mol. The Kier molecular flexibility index (Phi) is 8.94. The van der Waals surface area contributed by atoms with Crippen LogP contribution in [0.25, 0.3) is 82.9 Å². The van der Waals surface area contributed by atoms with Crippen LogP contribution in [0.15, 0.2) is 218 Å². The molecule has 0 aliphatic heterocycles. The molecule has 0 spiro atoms. The molecule has 1 nitrogen and oxygen atoms in total. The predicted octanol–water partition coefficient (Wildman–Crippen LogP) is 16.5. The fourth-order valence-corrected chi connectivity index (χ4v) is 9.31. The molecule has 0 saturated heterocycles. The molecule has 0 heterocycles. The second-order valence-electron chi connectivity index (χ2n) is 16.2. The van der Waals surface area contributed by atoms with Crippen molar-refractivity contribution in [1.29, 1.82) is 0 Å². The van der Waals surface area contributed by atoms with Crippen LogP contribution in [0.1, 0.15) is 18.1 Å². The molecule has 284 valence electrons. The van der Waals surface area contributed by atoms with Crippen LogP contribution in [0.3, 0.4) is 0 Å². The van der Waals surface area contributed by atoms with E-state index in [1.165, 1.54) is 88.0 Å². The van der Waals surface area contributed by atoms with Crippen LogP contribution >= 0.6 is 0 Å². The van der Waals surface area contributed by atoms with E-state index < -0.39 is 0 Å². The highest BCUT2D eigenvalue weighted by Crippen LogP contribution is 2.42. The molecule has 0 aromatic heterocycles. The summed E-state index contributed by atoms with van der Waals surface area (Å²) in [7, 11) is 0. The maximum Gasteiger partial charge on any atom is 0.0467 e. The standard InChI is InChI=1S/C59H43N/c1-40-23-34-56-50(35-40)39-59(58-21-7-6-20-57(56)58)44-28-32-52(33-29-44)60(53-18-9-17-49(38-53)55-22-10-14-43-12-4-5-19-54(43)55)51-30-26-42(27-31-51)46-15-8-16-47(36-46)48-25-24-41-11-2-3-13-45(41)37-48/h2-34,36-40H,35H2,1H3. The van der Waals surface area contributed by atoms with Gasteiger partial charge in [0.15, 0.2) is 0 Å². The molecule has 0 N–H and O–H groups in total. The fourth-order valence-electron chi connectivity index (χ4n) is 9.31. The molecule has 10 aromatic carbocycles. The molecular formula is C59H43N. The Hall–Kier alpha value is -7.48. The summed E-state index contributed by atoms with van der Waals surface area (Å²) in [5.41, 5.74) is 15.9. The summed E-state index contributed by atoms with van der Waals surface area (Å²) in [5.74, 6) is 0.534. The summed E-state index contributed by atoms with van der Waals surface area (Å²) >= 11 is 0. The van der Waals surface area contributed by atoms with Crippen molar-refractivity contribution in [1.82, 2.24) is 0 Å². The lowest BCUT2D eigenvalue weighted by atomic mass is 9.84. The van der Waals surface area contributed by atoms with E-state index in [1.54, 1.807) is 0 Å². The third-order valence-electron chi connectivity index (χ3n) is 12.4. The Bertz CT molecular complexity index is 3240. The van der Waals surface area contributed by atoms with E-state index >= 15 is 0 Å². The van der Waals surface area contributed by atoms with Crippen molar-refractivity contribution in [2.75, 3.05) is 4.90 Å². The van der Waals surface area contributed by atoms with E-state index in [4.69, 9.17) is 0 Å². The van der Waals surface area contributed by atoms with Crippen molar-refractivity contribution in [3.05, 3.63) is 230 Å². The minimum Gasteiger partial charge on any atom is -0.310 e. The second-order valence-corrected chi connectivity index (χ2v) is 16.2. The van der Waals surface area contributed by atoms with Gasteiger partial charge in [-0.15, -0.1) is 0 Å². The summed E-state index contributed by atoms with van der Waals surface area (Å²) in [6, 6.07) is 78.0. The van der Waals surface area contributed by atoms with Crippen molar-refractivity contribution in [2.24, 2.45) is 5.92 Å². The number of rotatable bonds is 7. The number of allylic oxidation sites excluding steroid dienone is 1. The maximum atomic E-state index is 2.44. The number of fused-ring (bicyclic) bond motifs is 5.